The summed E-state index contributed by atoms with van der Waals surface area (Å²) < 4.78 is 5.61. The first-order chi connectivity index (χ1) is 13.1. The number of aromatic nitrogens is 3. The molecule has 1 aliphatic heterocycles. The van der Waals surface area contributed by atoms with Gasteiger partial charge < -0.3 is 9.47 Å². The minimum Gasteiger partial charge on any atom is -0.333 e. The van der Waals surface area contributed by atoms with Crippen LogP contribution in [0, 0.1) is 6.92 Å². The van der Waals surface area contributed by atoms with Crippen LogP contribution in [0.5, 0.6) is 0 Å². The van der Waals surface area contributed by atoms with Gasteiger partial charge in [-0.1, -0.05) is 34.8 Å². The number of amides is 1. The van der Waals surface area contributed by atoms with Crippen LogP contribution in [0.4, 0.5) is 0 Å². The lowest BCUT2D eigenvalue weighted by molar-refractivity contribution is 0.0738. The Hall–Kier alpha value is -2.80. The highest BCUT2D eigenvalue weighted by atomic mass is 32.1. The Labute approximate surface area is 161 Å². The van der Waals surface area contributed by atoms with Crippen LogP contribution in [0.1, 0.15) is 32.1 Å². The first kappa shape index (κ1) is 17.6. The van der Waals surface area contributed by atoms with Gasteiger partial charge in [0, 0.05) is 31.9 Å². The van der Waals surface area contributed by atoms with Crippen LogP contribution in [0.25, 0.3) is 0 Å². The first-order valence-electron chi connectivity index (χ1n) is 8.96. The topological polar surface area (TPSA) is 68.1 Å². The molecular formula is C20H20N4O2S. The number of carbonyl (C=O) groups excluding carboxylic acids is 1. The second kappa shape index (κ2) is 7.44. The second-order valence-electron chi connectivity index (χ2n) is 6.76. The van der Waals surface area contributed by atoms with Gasteiger partial charge in [0.15, 0.2) is 0 Å². The van der Waals surface area contributed by atoms with Gasteiger partial charge in [0.2, 0.25) is 0 Å². The van der Waals surface area contributed by atoms with Gasteiger partial charge >= 0.3 is 0 Å². The predicted octanol–water partition coefficient (Wildman–Crippen LogP) is 2.45. The van der Waals surface area contributed by atoms with Crippen LogP contribution in [-0.4, -0.2) is 31.5 Å². The average molecular weight is 380 g/mol. The Balaban J connectivity index is 1.53. The van der Waals surface area contributed by atoms with E-state index < -0.39 is 0 Å². The van der Waals surface area contributed by atoms with Crippen molar-refractivity contribution in [3.8, 4) is 0 Å². The summed E-state index contributed by atoms with van der Waals surface area (Å²) in [6.07, 6.45) is 3.41. The highest BCUT2D eigenvalue weighted by Crippen LogP contribution is 2.21. The van der Waals surface area contributed by atoms with Gasteiger partial charge in [-0.25, -0.2) is 0 Å². The molecule has 3 heterocycles. The van der Waals surface area contributed by atoms with Crippen molar-refractivity contribution in [3.05, 3.63) is 80.2 Å². The van der Waals surface area contributed by atoms with Crippen molar-refractivity contribution < 1.29 is 4.79 Å². The number of hydrogen-bond acceptors (Lipinski definition) is 5. The van der Waals surface area contributed by atoms with Gasteiger partial charge in [0.05, 0.1) is 5.69 Å². The van der Waals surface area contributed by atoms with Crippen molar-refractivity contribution in [1.82, 2.24) is 19.1 Å². The van der Waals surface area contributed by atoms with Crippen molar-refractivity contribution in [2.75, 3.05) is 6.54 Å². The first-order valence-corrected chi connectivity index (χ1v) is 9.73. The molecule has 0 atom stereocenters. The van der Waals surface area contributed by atoms with E-state index in [1.165, 1.54) is 5.56 Å². The zero-order valence-corrected chi connectivity index (χ0v) is 15.9. The van der Waals surface area contributed by atoms with Crippen LogP contribution in [0.3, 0.4) is 0 Å². The van der Waals surface area contributed by atoms with E-state index >= 15 is 0 Å². The minimum absolute atomic E-state index is 0.0203. The van der Waals surface area contributed by atoms with Crippen molar-refractivity contribution in [3.63, 3.8) is 0 Å². The molecule has 0 spiro atoms. The Kier molecular flexibility index (Phi) is 4.85. The molecule has 0 N–H and O–H groups in total. The number of hydrogen-bond donors (Lipinski definition) is 0. The molecule has 6 nitrogen and oxygen atoms in total. The summed E-state index contributed by atoms with van der Waals surface area (Å²) in [5, 5.41) is 3.93. The summed E-state index contributed by atoms with van der Waals surface area (Å²) in [6, 6.07) is 11.8. The molecule has 7 heteroatoms. The lowest BCUT2D eigenvalue weighted by Crippen LogP contribution is -2.37. The summed E-state index contributed by atoms with van der Waals surface area (Å²) >= 11 is 1.14. The number of aryl methyl sites for hydroxylation is 3. The minimum atomic E-state index is -0.0322. The van der Waals surface area contributed by atoms with E-state index in [1.807, 2.05) is 29.3 Å². The zero-order valence-electron chi connectivity index (χ0n) is 15.1. The maximum atomic E-state index is 12.7. The number of rotatable bonds is 4. The van der Waals surface area contributed by atoms with Crippen LogP contribution < -0.4 is 5.56 Å². The molecular weight excluding hydrogens is 360 g/mol. The van der Waals surface area contributed by atoms with Crippen LogP contribution in [0.2, 0.25) is 0 Å². The smallest absolute Gasteiger partial charge is 0.267 e. The number of fused-ring (bicyclic) bond motifs is 1. The van der Waals surface area contributed by atoms with Gasteiger partial charge in [0.25, 0.3) is 11.5 Å². The number of nitrogens with zero attached hydrogens (tertiary/aromatic N) is 4. The summed E-state index contributed by atoms with van der Waals surface area (Å²) in [5.41, 5.74) is 3.97. The van der Waals surface area contributed by atoms with E-state index in [4.69, 9.17) is 0 Å². The Morgan fingerprint density at radius 1 is 1.22 bits per heavy atom. The van der Waals surface area contributed by atoms with Gasteiger partial charge in [-0.05, 0) is 48.0 Å². The molecule has 0 radical (unpaired) electrons. The van der Waals surface area contributed by atoms with Crippen LogP contribution >= 0.6 is 11.5 Å². The van der Waals surface area contributed by atoms with E-state index in [1.54, 1.807) is 17.6 Å². The third-order valence-electron chi connectivity index (χ3n) is 4.93. The fourth-order valence-corrected chi connectivity index (χ4v) is 4.01. The zero-order chi connectivity index (χ0) is 18.8. The normalized spacial score (nSPS) is 13.4. The fraction of sp³-hybridized carbons (Fsp3) is 0.300. The Morgan fingerprint density at radius 2 is 2.04 bits per heavy atom. The van der Waals surface area contributed by atoms with E-state index in [2.05, 4.69) is 21.7 Å². The monoisotopic (exact) mass is 380 g/mol. The summed E-state index contributed by atoms with van der Waals surface area (Å²) in [5.74, 6) is -0.0322. The standard InChI is InChI=1S/C20H20N4O2S/c1-14-19(27-22-21-14)20(26)24-10-8-16-11-18(25)23(12-17(16)13-24)9-7-15-5-3-2-4-6-15/h2-6,11-12H,7-10,13H2,1H3. The number of carbonyl (C=O) groups is 1. The summed E-state index contributed by atoms with van der Waals surface area (Å²) in [4.78, 5) is 27.6. The summed E-state index contributed by atoms with van der Waals surface area (Å²) in [7, 11) is 0. The van der Waals surface area contributed by atoms with Gasteiger partial charge in [-0.15, -0.1) is 5.10 Å². The molecule has 0 aliphatic carbocycles. The molecule has 0 saturated carbocycles. The molecule has 2 aromatic heterocycles. The highest BCUT2D eigenvalue weighted by Gasteiger charge is 2.25. The lowest BCUT2D eigenvalue weighted by atomic mass is 10.0. The average Bonchev–Trinajstić information content (AvgIpc) is 3.12. The third-order valence-corrected chi connectivity index (χ3v) is 5.75. The second-order valence-corrected chi connectivity index (χ2v) is 7.51. The lowest BCUT2D eigenvalue weighted by Gasteiger charge is -2.29. The fourth-order valence-electron chi connectivity index (χ4n) is 3.39. The van der Waals surface area contributed by atoms with Gasteiger partial charge in [0.1, 0.15) is 4.88 Å². The number of benzene rings is 1. The Morgan fingerprint density at radius 3 is 2.78 bits per heavy atom. The van der Waals surface area contributed by atoms with E-state index in [9.17, 15) is 9.59 Å². The quantitative estimate of drug-likeness (QED) is 0.697. The Bertz CT molecular complexity index is 1030. The maximum Gasteiger partial charge on any atom is 0.267 e. The molecule has 138 valence electrons. The summed E-state index contributed by atoms with van der Waals surface area (Å²) in [6.45, 7) is 3.55. The molecule has 4 rings (SSSR count). The molecule has 1 aliphatic rings. The van der Waals surface area contributed by atoms with E-state index in [-0.39, 0.29) is 11.5 Å². The van der Waals surface area contributed by atoms with Crippen molar-refractivity contribution in [2.24, 2.45) is 0 Å². The molecule has 0 bridgehead atoms. The van der Waals surface area contributed by atoms with Crippen LogP contribution in [-0.2, 0) is 25.9 Å². The van der Waals surface area contributed by atoms with Gasteiger partial charge in [-0.2, -0.15) is 0 Å². The van der Waals surface area contributed by atoms with Crippen molar-refractivity contribution in [2.45, 2.75) is 32.9 Å². The molecule has 0 fully saturated rings. The maximum absolute atomic E-state index is 12.7. The van der Waals surface area contributed by atoms with E-state index in [0.717, 1.165) is 29.1 Å². The van der Waals surface area contributed by atoms with Gasteiger partial charge in [-0.3, -0.25) is 9.59 Å². The van der Waals surface area contributed by atoms with Crippen LogP contribution in [0.15, 0.2) is 47.4 Å². The molecule has 3 aromatic rings. The molecule has 0 saturated heterocycles. The SMILES string of the molecule is Cc1nnsc1C(=O)N1CCc2cc(=O)n(CCc3ccccc3)cc2C1. The number of pyridine rings is 1. The highest BCUT2D eigenvalue weighted by molar-refractivity contribution is 7.07. The molecule has 1 amide bonds. The largest absolute Gasteiger partial charge is 0.333 e. The van der Waals surface area contributed by atoms with E-state index in [0.29, 0.717) is 36.6 Å². The predicted molar refractivity (Wildman–Crippen MR) is 104 cm³/mol. The molecule has 0 unspecified atom stereocenters. The van der Waals surface area contributed by atoms with Crippen molar-refractivity contribution in [1.29, 1.82) is 0 Å². The molecule has 27 heavy (non-hydrogen) atoms. The van der Waals surface area contributed by atoms with Crippen molar-refractivity contribution >= 4 is 17.4 Å². The third kappa shape index (κ3) is 3.68. The molecule has 1 aromatic carbocycles.